The lowest BCUT2D eigenvalue weighted by atomic mass is 9.95. The van der Waals surface area contributed by atoms with E-state index >= 15 is 0 Å². The molecule has 1 aromatic rings. The lowest BCUT2D eigenvalue weighted by Crippen LogP contribution is -2.64. The quantitative estimate of drug-likeness (QED) is 0.762. The van der Waals surface area contributed by atoms with Crippen molar-refractivity contribution < 1.29 is 10.2 Å². The summed E-state index contributed by atoms with van der Waals surface area (Å²) in [7, 11) is 0. The third-order valence-electron chi connectivity index (χ3n) is 3.61. The standard InChI is InChI=1S/C12H18N4O2/c17-9-12(18)7-16(8-12)10-3-4-13-11(14-10)15-5-1-2-6-15/h3-4,17-18H,1-2,5-9H2. The van der Waals surface area contributed by atoms with Crippen molar-refractivity contribution in [1.29, 1.82) is 0 Å². The van der Waals surface area contributed by atoms with Crippen LogP contribution in [-0.2, 0) is 0 Å². The van der Waals surface area contributed by atoms with Gasteiger partial charge in [0.05, 0.1) is 19.7 Å². The van der Waals surface area contributed by atoms with Crippen LogP contribution < -0.4 is 9.80 Å². The third kappa shape index (κ3) is 2.02. The molecule has 2 aliphatic heterocycles. The van der Waals surface area contributed by atoms with Crippen molar-refractivity contribution in [1.82, 2.24) is 9.97 Å². The summed E-state index contributed by atoms with van der Waals surface area (Å²) in [5.74, 6) is 1.59. The van der Waals surface area contributed by atoms with Crippen molar-refractivity contribution in [2.45, 2.75) is 18.4 Å². The number of hydrogen-bond acceptors (Lipinski definition) is 6. The Morgan fingerprint density at radius 3 is 2.61 bits per heavy atom. The summed E-state index contributed by atoms with van der Waals surface area (Å²) < 4.78 is 0. The Balaban J connectivity index is 1.72. The summed E-state index contributed by atoms with van der Waals surface area (Å²) in [6.07, 6.45) is 4.15. The Hall–Kier alpha value is -1.40. The van der Waals surface area contributed by atoms with Gasteiger partial charge in [-0.1, -0.05) is 0 Å². The highest BCUT2D eigenvalue weighted by molar-refractivity contribution is 5.47. The molecular weight excluding hydrogens is 232 g/mol. The highest BCUT2D eigenvalue weighted by atomic mass is 16.3. The maximum absolute atomic E-state index is 9.79. The molecule has 2 aliphatic rings. The Bertz CT molecular complexity index is 428. The minimum atomic E-state index is -0.960. The molecule has 98 valence electrons. The van der Waals surface area contributed by atoms with Gasteiger partial charge in [-0.2, -0.15) is 4.98 Å². The zero-order chi connectivity index (χ0) is 12.6. The topological polar surface area (TPSA) is 72.7 Å². The van der Waals surface area contributed by atoms with Crippen molar-refractivity contribution in [3.63, 3.8) is 0 Å². The van der Waals surface area contributed by atoms with Crippen LogP contribution in [0.2, 0.25) is 0 Å². The zero-order valence-corrected chi connectivity index (χ0v) is 10.3. The molecule has 2 N–H and O–H groups in total. The second-order valence-electron chi connectivity index (χ2n) is 5.15. The van der Waals surface area contributed by atoms with E-state index in [1.54, 1.807) is 6.20 Å². The van der Waals surface area contributed by atoms with E-state index in [0.29, 0.717) is 13.1 Å². The van der Waals surface area contributed by atoms with Crippen LogP contribution in [0.4, 0.5) is 11.8 Å². The first kappa shape index (κ1) is 11.7. The van der Waals surface area contributed by atoms with Gasteiger partial charge in [-0.3, -0.25) is 0 Å². The molecule has 0 saturated carbocycles. The van der Waals surface area contributed by atoms with Gasteiger partial charge in [0.25, 0.3) is 0 Å². The summed E-state index contributed by atoms with van der Waals surface area (Å²) in [6.45, 7) is 2.70. The highest BCUT2D eigenvalue weighted by Crippen LogP contribution is 2.27. The second-order valence-corrected chi connectivity index (χ2v) is 5.15. The van der Waals surface area contributed by atoms with E-state index in [2.05, 4.69) is 14.9 Å². The molecule has 2 saturated heterocycles. The van der Waals surface area contributed by atoms with E-state index < -0.39 is 5.60 Å². The predicted molar refractivity (Wildman–Crippen MR) is 67.7 cm³/mol. The molecule has 3 heterocycles. The van der Waals surface area contributed by atoms with Crippen LogP contribution in [-0.4, -0.2) is 58.6 Å². The minimum absolute atomic E-state index is 0.201. The SMILES string of the molecule is OCC1(O)CN(c2ccnc(N3CCCC3)n2)C1. The van der Waals surface area contributed by atoms with Gasteiger partial charge in [-0.25, -0.2) is 4.98 Å². The lowest BCUT2D eigenvalue weighted by molar-refractivity contribution is -0.0363. The van der Waals surface area contributed by atoms with Crippen LogP contribution in [0.3, 0.4) is 0 Å². The van der Waals surface area contributed by atoms with Gasteiger partial charge in [-0.15, -0.1) is 0 Å². The predicted octanol–water partition coefficient (Wildman–Crippen LogP) is -0.380. The van der Waals surface area contributed by atoms with Gasteiger partial charge in [0, 0.05) is 19.3 Å². The fourth-order valence-electron chi connectivity index (χ4n) is 2.51. The number of aliphatic hydroxyl groups is 2. The fourth-order valence-corrected chi connectivity index (χ4v) is 2.51. The normalized spacial score (nSPS) is 22.1. The van der Waals surface area contributed by atoms with E-state index in [-0.39, 0.29) is 6.61 Å². The van der Waals surface area contributed by atoms with E-state index in [9.17, 15) is 5.11 Å². The number of aliphatic hydroxyl groups excluding tert-OH is 1. The number of nitrogens with zero attached hydrogens (tertiary/aromatic N) is 4. The smallest absolute Gasteiger partial charge is 0.227 e. The summed E-state index contributed by atoms with van der Waals surface area (Å²) in [5.41, 5.74) is -0.960. The van der Waals surface area contributed by atoms with Gasteiger partial charge < -0.3 is 20.0 Å². The van der Waals surface area contributed by atoms with Crippen LogP contribution in [0, 0.1) is 0 Å². The van der Waals surface area contributed by atoms with Gasteiger partial charge >= 0.3 is 0 Å². The maximum atomic E-state index is 9.79. The van der Waals surface area contributed by atoms with Crippen LogP contribution in [0.1, 0.15) is 12.8 Å². The molecule has 3 rings (SSSR count). The van der Waals surface area contributed by atoms with Crippen LogP contribution >= 0.6 is 0 Å². The van der Waals surface area contributed by atoms with Gasteiger partial charge in [-0.05, 0) is 18.9 Å². The molecule has 0 aromatic carbocycles. The van der Waals surface area contributed by atoms with Gasteiger partial charge in [0.2, 0.25) is 5.95 Å². The molecule has 0 spiro atoms. The van der Waals surface area contributed by atoms with E-state index in [4.69, 9.17) is 5.11 Å². The Kier molecular flexibility index (Phi) is 2.83. The molecular formula is C12H18N4O2. The third-order valence-corrected chi connectivity index (χ3v) is 3.61. The van der Waals surface area contributed by atoms with Crippen molar-refractivity contribution in [3.8, 4) is 0 Å². The first-order chi connectivity index (χ1) is 8.70. The van der Waals surface area contributed by atoms with Crippen molar-refractivity contribution in [2.24, 2.45) is 0 Å². The molecule has 0 bridgehead atoms. The molecule has 1 aromatic heterocycles. The van der Waals surface area contributed by atoms with Crippen molar-refractivity contribution in [3.05, 3.63) is 12.3 Å². The number of anilines is 2. The summed E-state index contributed by atoms with van der Waals surface area (Å²) in [4.78, 5) is 13.0. The number of hydrogen-bond donors (Lipinski definition) is 2. The van der Waals surface area contributed by atoms with Crippen LogP contribution in [0.5, 0.6) is 0 Å². The molecule has 0 radical (unpaired) electrons. The molecule has 6 heteroatoms. The molecule has 6 nitrogen and oxygen atoms in total. The first-order valence-corrected chi connectivity index (χ1v) is 6.36. The van der Waals surface area contributed by atoms with E-state index in [0.717, 1.165) is 24.9 Å². The molecule has 0 amide bonds. The Morgan fingerprint density at radius 2 is 1.94 bits per heavy atom. The zero-order valence-electron chi connectivity index (χ0n) is 10.3. The molecule has 0 unspecified atom stereocenters. The molecule has 0 aliphatic carbocycles. The average Bonchev–Trinajstić information content (AvgIpc) is 2.89. The van der Waals surface area contributed by atoms with Crippen LogP contribution in [0.15, 0.2) is 12.3 Å². The second kappa shape index (κ2) is 4.37. The Morgan fingerprint density at radius 1 is 1.22 bits per heavy atom. The lowest BCUT2D eigenvalue weighted by Gasteiger charge is -2.46. The number of β-amino-alcohol motifs (C(OH)–C–C–N with tert-alkyl or cyclic N) is 1. The summed E-state index contributed by atoms with van der Waals surface area (Å²) in [6, 6.07) is 1.84. The first-order valence-electron chi connectivity index (χ1n) is 6.36. The van der Waals surface area contributed by atoms with E-state index in [1.807, 2.05) is 11.0 Å². The minimum Gasteiger partial charge on any atom is -0.393 e. The molecule has 18 heavy (non-hydrogen) atoms. The number of rotatable bonds is 3. The molecule has 2 fully saturated rings. The summed E-state index contributed by atoms with van der Waals surface area (Å²) in [5, 5.41) is 18.8. The fraction of sp³-hybridized carbons (Fsp3) is 0.667. The average molecular weight is 250 g/mol. The Labute approximate surface area is 106 Å². The van der Waals surface area contributed by atoms with Gasteiger partial charge in [0.1, 0.15) is 11.4 Å². The van der Waals surface area contributed by atoms with Crippen molar-refractivity contribution >= 4 is 11.8 Å². The van der Waals surface area contributed by atoms with E-state index in [1.165, 1.54) is 12.8 Å². The summed E-state index contributed by atoms with van der Waals surface area (Å²) >= 11 is 0. The maximum Gasteiger partial charge on any atom is 0.227 e. The largest absolute Gasteiger partial charge is 0.393 e. The van der Waals surface area contributed by atoms with Crippen LogP contribution in [0.25, 0.3) is 0 Å². The van der Waals surface area contributed by atoms with Crippen molar-refractivity contribution in [2.75, 3.05) is 42.6 Å². The number of aromatic nitrogens is 2. The van der Waals surface area contributed by atoms with Gasteiger partial charge in [0.15, 0.2) is 0 Å². The molecule has 0 atom stereocenters. The highest BCUT2D eigenvalue weighted by Gasteiger charge is 2.41. The monoisotopic (exact) mass is 250 g/mol.